The molecule has 3 amide bonds. The number of carbonyl (C=O) groups is 2. The Balaban J connectivity index is 1.54. The Hall–Kier alpha value is -3.33. The highest BCUT2D eigenvalue weighted by Crippen LogP contribution is 2.28. The lowest BCUT2D eigenvalue weighted by atomic mass is 9.94. The van der Waals surface area contributed by atoms with Crippen molar-refractivity contribution in [1.82, 2.24) is 5.32 Å². The van der Waals surface area contributed by atoms with Gasteiger partial charge in [0.05, 0.1) is 11.3 Å². The van der Waals surface area contributed by atoms with Crippen molar-refractivity contribution in [2.24, 2.45) is 5.92 Å². The number of hydrogen-bond donors (Lipinski definition) is 2. The molecule has 0 radical (unpaired) electrons. The normalized spacial score (nSPS) is 14.2. The average Bonchev–Trinajstić information content (AvgIpc) is 2.69. The monoisotopic (exact) mass is 376 g/mol. The molecule has 6 heteroatoms. The molecule has 1 aliphatic heterocycles. The van der Waals surface area contributed by atoms with Crippen LogP contribution in [0.1, 0.15) is 29.5 Å². The van der Waals surface area contributed by atoms with Crippen LogP contribution < -0.4 is 15.5 Å². The number of piperidine rings is 1. The number of aryl methyl sites for hydroxylation is 2. The predicted octanol–water partition coefficient (Wildman–Crippen LogP) is 3.74. The average molecular weight is 376 g/mol. The number of benzene rings is 2. The van der Waals surface area contributed by atoms with Crippen LogP contribution in [0.25, 0.3) is 0 Å². The van der Waals surface area contributed by atoms with Crippen LogP contribution in [-0.2, 0) is 4.79 Å². The Labute approximate surface area is 165 Å². The largest absolute Gasteiger partial charge is 0.370 e. The van der Waals surface area contributed by atoms with Crippen LogP contribution in [0.2, 0.25) is 0 Å². The van der Waals surface area contributed by atoms with Crippen LogP contribution in [0, 0.1) is 31.1 Å². The number of anilines is 2. The van der Waals surface area contributed by atoms with Crippen molar-refractivity contribution in [1.29, 1.82) is 5.26 Å². The lowest BCUT2D eigenvalue weighted by Crippen LogP contribution is -2.43. The quantitative estimate of drug-likeness (QED) is 0.854. The van der Waals surface area contributed by atoms with Crippen molar-refractivity contribution in [3.05, 3.63) is 59.2 Å². The Morgan fingerprint density at radius 2 is 1.75 bits per heavy atom. The van der Waals surface area contributed by atoms with Gasteiger partial charge in [-0.15, -0.1) is 0 Å². The van der Waals surface area contributed by atoms with Crippen LogP contribution >= 0.6 is 0 Å². The van der Waals surface area contributed by atoms with Crippen molar-refractivity contribution in [3.63, 3.8) is 0 Å². The molecular formula is C22H24N4O2. The van der Waals surface area contributed by atoms with E-state index < -0.39 is 6.03 Å². The van der Waals surface area contributed by atoms with Gasteiger partial charge in [-0.3, -0.25) is 10.1 Å². The zero-order valence-corrected chi connectivity index (χ0v) is 16.2. The van der Waals surface area contributed by atoms with E-state index >= 15 is 0 Å². The number of nitrogens with one attached hydrogen (secondary N) is 2. The van der Waals surface area contributed by atoms with Gasteiger partial charge in [0.2, 0.25) is 5.91 Å². The lowest BCUT2D eigenvalue weighted by molar-refractivity contribution is -0.124. The number of nitriles is 1. The molecule has 144 valence electrons. The summed E-state index contributed by atoms with van der Waals surface area (Å²) in [5.41, 5.74) is 4.30. The molecule has 2 N–H and O–H groups in total. The second-order valence-electron chi connectivity index (χ2n) is 7.15. The van der Waals surface area contributed by atoms with E-state index in [0.717, 1.165) is 16.8 Å². The maximum Gasteiger partial charge on any atom is 0.325 e. The number of imide groups is 1. The van der Waals surface area contributed by atoms with Crippen molar-refractivity contribution >= 4 is 23.3 Å². The van der Waals surface area contributed by atoms with Gasteiger partial charge in [0.15, 0.2) is 0 Å². The van der Waals surface area contributed by atoms with E-state index in [9.17, 15) is 14.9 Å². The van der Waals surface area contributed by atoms with Gasteiger partial charge in [-0.1, -0.05) is 29.8 Å². The summed E-state index contributed by atoms with van der Waals surface area (Å²) in [5, 5.41) is 14.5. The highest BCUT2D eigenvalue weighted by molar-refractivity contribution is 6.01. The minimum Gasteiger partial charge on any atom is -0.370 e. The summed E-state index contributed by atoms with van der Waals surface area (Å²) >= 11 is 0. The van der Waals surface area contributed by atoms with Gasteiger partial charge >= 0.3 is 6.03 Å². The predicted molar refractivity (Wildman–Crippen MR) is 109 cm³/mol. The molecule has 2 aromatic rings. The van der Waals surface area contributed by atoms with E-state index in [1.165, 1.54) is 0 Å². The van der Waals surface area contributed by atoms with Gasteiger partial charge in [-0.2, -0.15) is 5.26 Å². The minimum atomic E-state index is -0.512. The van der Waals surface area contributed by atoms with Gasteiger partial charge in [0, 0.05) is 24.7 Å². The molecular weight excluding hydrogens is 352 g/mol. The third-order valence-corrected chi connectivity index (χ3v) is 5.12. The fourth-order valence-electron chi connectivity index (χ4n) is 3.46. The molecule has 0 spiro atoms. The first kappa shape index (κ1) is 19.4. The standard InChI is InChI=1S/C22H24N4O2/c1-15-6-8-18(9-7-15)24-22(28)25-21(27)17-10-12-26(13-11-17)20-5-3-4-16(2)19(20)14-23/h3-9,17H,10-13H2,1-2H3,(H2,24,25,27,28). The second kappa shape index (κ2) is 8.57. The number of hydrogen-bond acceptors (Lipinski definition) is 4. The summed E-state index contributed by atoms with van der Waals surface area (Å²) in [7, 11) is 0. The third kappa shape index (κ3) is 4.49. The molecule has 0 bridgehead atoms. The van der Waals surface area contributed by atoms with Crippen LogP contribution in [0.3, 0.4) is 0 Å². The van der Waals surface area contributed by atoms with Gasteiger partial charge in [0.1, 0.15) is 6.07 Å². The van der Waals surface area contributed by atoms with Crippen molar-refractivity contribution < 1.29 is 9.59 Å². The molecule has 3 rings (SSSR count). The number of nitrogens with zero attached hydrogens (tertiary/aromatic N) is 2. The number of carbonyl (C=O) groups excluding carboxylic acids is 2. The zero-order valence-electron chi connectivity index (χ0n) is 16.2. The molecule has 1 saturated heterocycles. The molecule has 0 unspecified atom stereocenters. The molecule has 1 fully saturated rings. The molecule has 0 atom stereocenters. The van der Waals surface area contributed by atoms with Crippen molar-refractivity contribution in [3.8, 4) is 6.07 Å². The summed E-state index contributed by atoms with van der Waals surface area (Å²) in [4.78, 5) is 26.6. The molecule has 1 heterocycles. The second-order valence-corrected chi connectivity index (χ2v) is 7.15. The Morgan fingerprint density at radius 1 is 1.07 bits per heavy atom. The molecule has 28 heavy (non-hydrogen) atoms. The Bertz CT molecular complexity index is 907. The molecule has 2 aromatic carbocycles. The maximum atomic E-state index is 12.4. The first-order valence-electron chi connectivity index (χ1n) is 9.41. The summed E-state index contributed by atoms with van der Waals surface area (Å²) in [6.45, 7) is 5.25. The maximum absolute atomic E-state index is 12.4. The van der Waals surface area contributed by atoms with E-state index in [4.69, 9.17) is 0 Å². The number of rotatable bonds is 3. The van der Waals surface area contributed by atoms with E-state index in [1.807, 2.05) is 44.2 Å². The van der Waals surface area contributed by atoms with Crippen molar-refractivity contribution in [2.75, 3.05) is 23.3 Å². The summed E-state index contributed by atoms with van der Waals surface area (Å²) in [6.07, 6.45) is 1.28. The van der Waals surface area contributed by atoms with Gasteiger partial charge in [-0.05, 0) is 50.5 Å². The smallest absolute Gasteiger partial charge is 0.325 e. The van der Waals surface area contributed by atoms with Crippen LogP contribution in [0.5, 0.6) is 0 Å². The van der Waals surface area contributed by atoms with Gasteiger partial charge in [0.25, 0.3) is 0 Å². The molecule has 0 aromatic heterocycles. The summed E-state index contributed by atoms with van der Waals surface area (Å²) in [5.74, 6) is -0.468. The van der Waals surface area contributed by atoms with E-state index in [2.05, 4.69) is 21.6 Å². The fourth-order valence-corrected chi connectivity index (χ4v) is 3.46. The molecule has 6 nitrogen and oxygen atoms in total. The van der Waals surface area contributed by atoms with Crippen LogP contribution in [0.4, 0.5) is 16.2 Å². The minimum absolute atomic E-state index is 0.213. The van der Waals surface area contributed by atoms with E-state index in [1.54, 1.807) is 12.1 Å². The summed E-state index contributed by atoms with van der Waals surface area (Å²) < 4.78 is 0. The Morgan fingerprint density at radius 3 is 2.39 bits per heavy atom. The first-order valence-corrected chi connectivity index (χ1v) is 9.41. The SMILES string of the molecule is Cc1ccc(NC(=O)NC(=O)C2CCN(c3cccc(C)c3C#N)CC2)cc1. The number of urea groups is 1. The lowest BCUT2D eigenvalue weighted by Gasteiger charge is -2.33. The fraction of sp³-hybridized carbons (Fsp3) is 0.318. The van der Waals surface area contributed by atoms with Gasteiger partial charge in [-0.25, -0.2) is 4.79 Å². The topological polar surface area (TPSA) is 85.2 Å². The van der Waals surface area contributed by atoms with Crippen LogP contribution in [-0.4, -0.2) is 25.0 Å². The Kier molecular flexibility index (Phi) is 5.95. The zero-order chi connectivity index (χ0) is 20.1. The van der Waals surface area contributed by atoms with Gasteiger partial charge < -0.3 is 10.2 Å². The van der Waals surface area contributed by atoms with E-state index in [-0.39, 0.29) is 11.8 Å². The number of amides is 3. The van der Waals surface area contributed by atoms with Crippen LogP contribution in [0.15, 0.2) is 42.5 Å². The first-order chi connectivity index (χ1) is 13.5. The highest BCUT2D eigenvalue weighted by Gasteiger charge is 2.27. The third-order valence-electron chi connectivity index (χ3n) is 5.12. The molecule has 0 saturated carbocycles. The van der Waals surface area contributed by atoms with Crippen molar-refractivity contribution in [2.45, 2.75) is 26.7 Å². The molecule has 0 aliphatic carbocycles. The van der Waals surface area contributed by atoms with E-state index in [0.29, 0.717) is 37.2 Å². The highest BCUT2D eigenvalue weighted by atomic mass is 16.2. The summed E-state index contributed by atoms with van der Waals surface area (Å²) in [6, 6.07) is 15.0. The molecule has 1 aliphatic rings.